The zero-order chi connectivity index (χ0) is 13.3. The van der Waals surface area contributed by atoms with Crippen LogP contribution in [0.25, 0.3) is 0 Å². The van der Waals surface area contributed by atoms with Gasteiger partial charge in [0.1, 0.15) is 0 Å². The molecule has 0 bridgehead atoms. The summed E-state index contributed by atoms with van der Waals surface area (Å²) >= 11 is 0. The lowest BCUT2D eigenvalue weighted by Crippen LogP contribution is -2.33. The average Bonchev–Trinajstić information content (AvgIpc) is 2.61. The number of hydrogen-bond donors (Lipinski definition) is 1. The maximum Gasteiger partial charge on any atom is 0.234 e. The molecule has 1 aromatic carbocycles. The van der Waals surface area contributed by atoms with E-state index < -0.39 is 5.41 Å². The summed E-state index contributed by atoms with van der Waals surface area (Å²) in [6.07, 6.45) is 0. The molecule has 0 aliphatic carbocycles. The Balaban J connectivity index is 2.29. The Morgan fingerprint density at radius 1 is 1.33 bits per heavy atom. The van der Waals surface area contributed by atoms with E-state index in [0.717, 1.165) is 5.56 Å². The van der Waals surface area contributed by atoms with Crippen LogP contribution >= 0.6 is 0 Å². The summed E-state index contributed by atoms with van der Waals surface area (Å²) in [4.78, 5) is 14.1. The fourth-order valence-electron chi connectivity index (χ4n) is 2.29. The minimum absolute atomic E-state index is 0.00616. The van der Waals surface area contributed by atoms with E-state index in [1.165, 1.54) is 0 Å². The molecular weight excluding hydrogens is 228 g/mol. The molecule has 0 radical (unpaired) electrons. The molecule has 1 aliphatic heterocycles. The zero-order valence-corrected chi connectivity index (χ0v) is 10.9. The van der Waals surface area contributed by atoms with Gasteiger partial charge in [0.2, 0.25) is 5.91 Å². The number of nitrogens with zero attached hydrogens (tertiary/aromatic N) is 2. The third-order valence-corrected chi connectivity index (χ3v) is 3.71. The lowest BCUT2D eigenvalue weighted by molar-refractivity contribution is -0.135. The van der Waals surface area contributed by atoms with Gasteiger partial charge < -0.3 is 10.1 Å². The number of oxime groups is 1. The predicted octanol–water partition coefficient (Wildman–Crippen LogP) is 2.45. The van der Waals surface area contributed by atoms with Crippen molar-refractivity contribution in [3.05, 3.63) is 35.9 Å². The SMILES string of the molecule is CC(c1ccccc1)N1CC(=NO)C(C)(C)C1=O. The number of benzene rings is 1. The lowest BCUT2D eigenvalue weighted by atomic mass is 9.90. The number of rotatable bonds is 2. The Morgan fingerprint density at radius 2 is 1.94 bits per heavy atom. The molecule has 96 valence electrons. The second-order valence-corrected chi connectivity index (χ2v) is 5.19. The van der Waals surface area contributed by atoms with Crippen LogP contribution in [-0.2, 0) is 4.79 Å². The summed E-state index contributed by atoms with van der Waals surface area (Å²) in [7, 11) is 0. The summed E-state index contributed by atoms with van der Waals surface area (Å²) in [5, 5.41) is 12.3. The van der Waals surface area contributed by atoms with Gasteiger partial charge in [-0.2, -0.15) is 0 Å². The summed E-state index contributed by atoms with van der Waals surface area (Å²) < 4.78 is 0. The molecule has 1 atom stereocenters. The van der Waals surface area contributed by atoms with Crippen molar-refractivity contribution in [3.63, 3.8) is 0 Å². The van der Waals surface area contributed by atoms with Crippen molar-refractivity contribution >= 4 is 11.6 Å². The minimum Gasteiger partial charge on any atom is -0.411 e. The molecule has 1 N–H and O–H groups in total. The minimum atomic E-state index is -0.711. The fourth-order valence-corrected chi connectivity index (χ4v) is 2.29. The van der Waals surface area contributed by atoms with Gasteiger partial charge in [-0.05, 0) is 26.3 Å². The van der Waals surface area contributed by atoms with Crippen LogP contribution in [0.4, 0.5) is 0 Å². The Labute approximate surface area is 107 Å². The molecule has 4 nitrogen and oxygen atoms in total. The van der Waals surface area contributed by atoms with Crippen LogP contribution in [0.3, 0.4) is 0 Å². The summed E-state index contributed by atoms with van der Waals surface area (Å²) in [6, 6.07) is 9.85. The Hall–Kier alpha value is -1.84. The number of amides is 1. The molecule has 2 rings (SSSR count). The van der Waals surface area contributed by atoms with Gasteiger partial charge in [-0.3, -0.25) is 4.79 Å². The van der Waals surface area contributed by atoms with Gasteiger partial charge in [-0.1, -0.05) is 35.5 Å². The highest BCUT2D eigenvalue weighted by Gasteiger charge is 2.46. The standard InChI is InChI=1S/C14H18N2O2/c1-10(11-7-5-4-6-8-11)16-9-12(15-18)14(2,3)13(16)17/h4-8,10,18H,9H2,1-3H3. The third kappa shape index (κ3) is 1.88. The fraction of sp³-hybridized carbons (Fsp3) is 0.429. The van der Waals surface area contributed by atoms with E-state index in [4.69, 9.17) is 5.21 Å². The quantitative estimate of drug-likeness (QED) is 0.643. The molecule has 1 saturated heterocycles. The number of likely N-dealkylation sites (tertiary alicyclic amines) is 1. The number of carbonyl (C=O) groups excluding carboxylic acids is 1. The van der Waals surface area contributed by atoms with Crippen LogP contribution in [-0.4, -0.2) is 28.3 Å². The highest BCUT2D eigenvalue weighted by molar-refractivity contribution is 6.14. The second-order valence-electron chi connectivity index (χ2n) is 5.19. The Kier molecular flexibility index (Phi) is 3.11. The molecular formula is C14H18N2O2. The van der Waals surface area contributed by atoms with E-state index in [9.17, 15) is 4.79 Å². The molecule has 0 aromatic heterocycles. The first-order chi connectivity index (χ1) is 8.48. The molecule has 0 saturated carbocycles. The van der Waals surface area contributed by atoms with E-state index in [-0.39, 0.29) is 11.9 Å². The van der Waals surface area contributed by atoms with Crippen LogP contribution in [0.2, 0.25) is 0 Å². The second kappa shape index (κ2) is 4.44. The first-order valence-corrected chi connectivity index (χ1v) is 6.06. The van der Waals surface area contributed by atoms with Crippen LogP contribution in [0.15, 0.2) is 35.5 Å². The molecule has 1 heterocycles. The van der Waals surface area contributed by atoms with E-state index in [0.29, 0.717) is 12.3 Å². The summed E-state index contributed by atoms with van der Waals surface area (Å²) in [5.41, 5.74) is 0.897. The Morgan fingerprint density at radius 3 is 2.44 bits per heavy atom. The van der Waals surface area contributed by atoms with Crippen molar-refractivity contribution in [3.8, 4) is 0 Å². The maximum absolute atomic E-state index is 12.3. The molecule has 1 amide bonds. The van der Waals surface area contributed by atoms with Gasteiger partial charge in [0.15, 0.2) is 0 Å². The van der Waals surface area contributed by atoms with E-state index in [2.05, 4.69) is 5.16 Å². The van der Waals surface area contributed by atoms with Gasteiger partial charge in [0.05, 0.1) is 23.7 Å². The normalized spacial score (nSPS) is 22.5. The molecule has 0 spiro atoms. The third-order valence-electron chi connectivity index (χ3n) is 3.71. The van der Waals surface area contributed by atoms with Crippen molar-refractivity contribution in [1.82, 2.24) is 4.90 Å². The van der Waals surface area contributed by atoms with E-state index >= 15 is 0 Å². The highest BCUT2D eigenvalue weighted by atomic mass is 16.4. The van der Waals surface area contributed by atoms with E-state index in [1.807, 2.05) is 37.3 Å². The van der Waals surface area contributed by atoms with Crippen molar-refractivity contribution < 1.29 is 10.0 Å². The molecule has 1 aromatic rings. The van der Waals surface area contributed by atoms with Crippen molar-refractivity contribution in [2.45, 2.75) is 26.8 Å². The predicted molar refractivity (Wildman–Crippen MR) is 69.6 cm³/mol. The summed E-state index contributed by atoms with van der Waals surface area (Å²) in [5.74, 6) is 0.00616. The molecule has 4 heteroatoms. The first-order valence-electron chi connectivity index (χ1n) is 6.06. The maximum atomic E-state index is 12.3. The van der Waals surface area contributed by atoms with Crippen LogP contribution < -0.4 is 0 Å². The van der Waals surface area contributed by atoms with Gasteiger partial charge in [0.25, 0.3) is 0 Å². The van der Waals surface area contributed by atoms with Crippen LogP contribution in [0.5, 0.6) is 0 Å². The first kappa shape index (κ1) is 12.6. The van der Waals surface area contributed by atoms with Gasteiger partial charge >= 0.3 is 0 Å². The molecule has 1 aliphatic rings. The zero-order valence-electron chi connectivity index (χ0n) is 10.9. The molecule has 1 fully saturated rings. The molecule has 1 unspecified atom stereocenters. The van der Waals surface area contributed by atoms with Crippen molar-refractivity contribution in [2.24, 2.45) is 10.6 Å². The topological polar surface area (TPSA) is 52.9 Å². The van der Waals surface area contributed by atoms with E-state index in [1.54, 1.807) is 18.7 Å². The van der Waals surface area contributed by atoms with Crippen molar-refractivity contribution in [1.29, 1.82) is 0 Å². The lowest BCUT2D eigenvalue weighted by Gasteiger charge is -2.25. The smallest absolute Gasteiger partial charge is 0.234 e. The monoisotopic (exact) mass is 246 g/mol. The highest BCUT2D eigenvalue weighted by Crippen LogP contribution is 2.34. The largest absolute Gasteiger partial charge is 0.411 e. The number of carbonyl (C=O) groups is 1. The van der Waals surface area contributed by atoms with Gasteiger partial charge in [0, 0.05) is 0 Å². The number of hydrogen-bond acceptors (Lipinski definition) is 3. The van der Waals surface area contributed by atoms with Gasteiger partial charge in [-0.25, -0.2) is 0 Å². The molecule has 18 heavy (non-hydrogen) atoms. The average molecular weight is 246 g/mol. The van der Waals surface area contributed by atoms with Gasteiger partial charge in [-0.15, -0.1) is 0 Å². The summed E-state index contributed by atoms with van der Waals surface area (Å²) in [6.45, 7) is 5.96. The van der Waals surface area contributed by atoms with Crippen molar-refractivity contribution in [2.75, 3.05) is 6.54 Å². The van der Waals surface area contributed by atoms with Crippen LogP contribution in [0.1, 0.15) is 32.4 Å². The van der Waals surface area contributed by atoms with Crippen LogP contribution in [0, 0.1) is 5.41 Å². The Bertz CT molecular complexity index is 480.